The molecule has 0 saturated heterocycles. The molecule has 130 valence electrons. The van der Waals surface area contributed by atoms with Gasteiger partial charge in [-0.15, -0.1) is 5.23 Å². The first kappa shape index (κ1) is 17.2. The Bertz CT molecular complexity index is 952. The number of anilines is 1. The van der Waals surface area contributed by atoms with Gasteiger partial charge in [-0.05, 0) is 35.9 Å². The molecule has 0 aliphatic carbocycles. The largest absolute Gasteiger partial charge is 0.497 e. The summed E-state index contributed by atoms with van der Waals surface area (Å²) < 4.78 is 6.68. The number of nitrogens with two attached hydrogens (primary N) is 1. The minimum Gasteiger partial charge on any atom is -0.497 e. The number of fused-ring (bicyclic) bond motifs is 1. The van der Waals surface area contributed by atoms with E-state index in [1.807, 2.05) is 6.07 Å². The van der Waals surface area contributed by atoms with Crippen molar-refractivity contribution in [1.82, 2.24) is 4.57 Å². The first-order valence-electron chi connectivity index (χ1n) is 7.36. The predicted octanol–water partition coefficient (Wildman–Crippen LogP) is 3.04. The molecule has 0 saturated carbocycles. The Kier molecular flexibility index (Phi) is 4.65. The highest BCUT2D eigenvalue weighted by molar-refractivity contribution is 6.33. The highest BCUT2D eigenvalue weighted by atomic mass is 35.5. The van der Waals surface area contributed by atoms with Gasteiger partial charge in [-0.1, -0.05) is 11.6 Å². The van der Waals surface area contributed by atoms with E-state index in [-0.39, 0.29) is 34.0 Å². The third-order valence-corrected chi connectivity index (χ3v) is 4.26. The van der Waals surface area contributed by atoms with E-state index in [2.05, 4.69) is 0 Å². The Morgan fingerprint density at radius 1 is 1.28 bits per heavy atom. The van der Waals surface area contributed by atoms with Gasteiger partial charge in [-0.2, -0.15) is 0 Å². The fraction of sp³-hybridized carbons (Fsp3) is 0.118. The van der Waals surface area contributed by atoms with Gasteiger partial charge in [0.05, 0.1) is 17.6 Å². The molecule has 0 aliphatic heterocycles. The molecule has 25 heavy (non-hydrogen) atoms. The van der Waals surface area contributed by atoms with Crippen LogP contribution in [0, 0.1) is 0 Å². The molecule has 0 spiro atoms. The summed E-state index contributed by atoms with van der Waals surface area (Å²) >= 11 is 5.89. The maximum atomic E-state index is 12.9. The van der Waals surface area contributed by atoms with E-state index in [0.717, 1.165) is 10.9 Å². The van der Waals surface area contributed by atoms with Crippen molar-refractivity contribution in [2.75, 3.05) is 12.3 Å². The maximum absolute atomic E-state index is 12.9. The maximum Gasteiger partial charge on any atom is 0.262 e. The van der Waals surface area contributed by atoms with Gasteiger partial charge in [0.1, 0.15) is 11.4 Å². The van der Waals surface area contributed by atoms with E-state index in [0.29, 0.717) is 11.3 Å². The van der Waals surface area contributed by atoms with Crippen molar-refractivity contribution in [2.24, 2.45) is 5.73 Å². The van der Waals surface area contributed by atoms with Crippen molar-refractivity contribution >= 4 is 34.1 Å². The summed E-state index contributed by atoms with van der Waals surface area (Å²) in [6.45, 7) is 0.274. The molecular formula is C17H16ClN3O4. The molecule has 3 aromatic rings. The highest BCUT2D eigenvalue weighted by Gasteiger charge is 2.17. The van der Waals surface area contributed by atoms with Crippen LogP contribution >= 0.6 is 11.6 Å². The van der Waals surface area contributed by atoms with Crippen LogP contribution in [0.15, 0.2) is 42.6 Å². The van der Waals surface area contributed by atoms with Gasteiger partial charge >= 0.3 is 0 Å². The SMILES string of the molecule is COc1ccc2c(CN)cn(C(=O)c3ccc(Cl)c(N(O)O)c3)c2c1. The molecular weight excluding hydrogens is 346 g/mol. The molecule has 4 N–H and O–H groups in total. The van der Waals surface area contributed by atoms with Gasteiger partial charge in [0.25, 0.3) is 5.91 Å². The number of nitrogens with zero attached hydrogens (tertiary/aromatic N) is 2. The first-order valence-corrected chi connectivity index (χ1v) is 7.74. The molecule has 7 nitrogen and oxygen atoms in total. The summed E-state index contributed by atoms with van der Waals surface area (Å²) in [7, 11) is 1.54. The predicted molar refractivity (Wildman–Crippen MR) is 93.6 cm³/mol. The van der Waals surface area contributed by atoms with Crippen LogP contribution in [0.25, 0.3) is 10.9 Å². The number of hydrogen-bond donors (Lipinski definition) is 3. The lowest BCUT2D eigenvalue weighted by atomic mass is 10.1. The van der Waals surface area contributed by atoms with Crippen molar-refractivity contribution in [3.8, 4) is 5.75 Å². The van der Waals surface area contributed by atoms with Crippen molar-refractivity contribution < 1.29 is 19.9 Å². The Morgan fingerprint density at radius 3 is 2.68 bits per heavy atom. The van der Waals surface area contributed by atoms with Crippen LogP contribution in [0.4, 0.5) is 5.69 Å². The second-order valence-corrected chi connectivity index (χ2v) is 5.78. The van der Waals surface area contributed by atoms with Crippen LogP contribution in [0.5, 0.6) is 5.75 Å². The lowest BCUT2D eigenvalue weighted by Gasteiger charge is -2.12. The monoisotopic (exact) mass is 361 g/mol. The Labute approximate surface area is 148 Å². The number of hydrogen-bond acceptors (Lipinski definition) is 6. The van der Waals surface area contributed by atoms with Gasteiger partial charge in [0.2, 0.25) is 0 Å². The number of rotatable bonds is 4. The average Bonchev–Trinajstić information content (AvgIpc) is 2.99. The zero-order valence-electron chi connectivity index (χ0n) is 13.3. The molecule has 0 unspecified atom stereocenters. The molecule has 1 aromatic heterocycles. The molecule has 0 amide bonds. The minimum absolute atomic E-state index is 0.0967. The second-order valence-electron chi connectivity index (χ2n) is 5.37. The molecule has 0 atom stereocenters. The third kappa shape index (κ3) is 3.06. The molecule has 0 fully saturated rings. The van der Waals surface area contributed by atoms with E-state index >= 15 is 0 Å². The molecule has 8 heteroatoms. The Morgan fingerprint density at radius 2 is 2.04 bits per heavy atom. The minimum atomic E-state index is -0.363. The summed E-state index contributed by atoms with van der Waals surface area (Å²) in [4.78, 5) is 12.9. The van der Waals surface area contributed by atoms with Crippen molar-refractivity contribution in [3.63, 3.8) is 0 Å². The smallest absolute Gasteiger partial charge is 0.262 e. The van der Waals surface area contributed by atoms with Gasteiger partial charge in [-0.25, -0.2) is 0 Å². The highest BCUT2D eigenvalue weighted by Crippen LogP contribution is 2.29. The number of carbonyl (C=O) groups is 1. The van der Waals surface area contributed by atoms with Gasteiger partial charge in [0, 0.05) is 29.8 Å². The van der Waals surface area contributed by atoms with Gasteiger partial charge in [0.15, 0.2) is 0 Å². The quantitative estimate of drug-likeness (QED) is 0.617. The summed E-state index contributed by atoms with van der Waals surface area (Å²) in [6.07, 6.45) is 1.66. The number of carbonyl (C=O) groups excluding carboxylic acids is 1. The molecule has 2 aromatic carbocycles. The number of aromatic nitrogens is 1. The van der Waals surface area contributed by atoms with E-state index in [4.69, 9.17) is 22.1 Å². The Balaban J connectivity index is 2.15. The molecule has 3 rings (SSSR count). The fourth-order valence-corrected chi connectivity index (χ4v) is 2.87. The van der Waals surface area contributed by atoms with E-state index in [1.54, 1.807) is 25.4 Å². The topological polar surface area (TPSA) is 101 Å². The average molecular weight is 362 g/mol. The van der Waals surface area contributed by atoms with Crippen molar-refractivity contribution in [3.05, 3.63) is 58.7 Å². The van der Waals surface area contributed by atoms with Gasteiger partial charge in [-0.3, -0.25) is 19.8 Å². The van der Waals surface area contributed by atoms with E-state index in [9.17, 15) is 15.2 Å². The summed E-state index contributed by atoms with van der Waals surface area (Å²) in [5.41, 5.74) is 7.37. The van der Waals surface area contributed by atoms with Gasteiger partial charge < -0.3 is 10.5 Å². The second kappa shape index (κ2) is 6.73. The number of methoxy groups -OCH3 is 1. The number of halogens is 1. The zero-order valence-corrected chi connectivity index (χ0v) is 14.1. The zero-order chi connectivity index (χ0) is 18.1. The molecule has 0 bridgehead atoms. The molecule has 0 aliphatic rings. The van der Waals surface area contributed by atoms with Crippen LogP contribution in [0.1, 0.15) is 15.9 Å². The fourth-order valence-electron chi connectivity index (χ4n) is 2.67. The van der Waals surface area contributed by atoms with Crippen molar-refractivity contribution in [1.29, 1.82) is 0 Å². The number of benzene rings is 2. The van der Waals surface area contributed by atoms with Crippen LogP contribution < -0.4 is 15.7 Å². The first-order chi connectivity index (χ1) is 12.0. The molecule has 1 heterocycles. The molecule has 0 radical (unpaired) electrons. The van der Waals surface area contributed by atoms with Crippen LogP contribution in [0.2, 0.25) is 5.02 Å². The lowest BCUT2D eigenvalue weighted by molar-refractivity contribution is 0.0292. The van der Waals surface area contributed by atoms with E-state index < -0.39 is 0 Å². The Hall–Kier alpha value is -2.58. The van der Waals surface area contributed by atoms with Crippen molar-refractivity contribution in [2.45, 2.75) is 6.54 Å². The van der Waals surface area contributed by atoms with Crippen LogP contribution in [-0.2, 0) is 6.54 Å². The van der Waals surface area contributed by atoms with Crippen LogP contribution in [0.3, 0.4) is 0 Å². The summed E-state index contributed by atoms with van der Waals surface area (Å²) in [5, 5.41) is 19.3. The standard InChI is InChI=1S/C17H16ClN3O4/c1-25-12-3-4-13-11(8-19)9-20(15(13)7-12)17(22)10-2-5-14(18)16(6-10)21(23)24/h2-7,9,23-24H,8,19H2,1H3. The van der Waals surface area contributed by atoms with Crippen LogP contribution in [-0.4, -0.2) is 28.0 Å². The number of ether oxygens (including phenoxy) is 1. The summed E-state index contributed by atoms with van der Waals surface area (Å²) in [5.74, 6) is 0.245. The summed E-state index contributed by atoms with van der Waals surface area (Å²) in [6, 6.07) is 9.60. The lowest BCUT2D eigenvalue weighted by Crippen LogP contribution is -2.15. The normalized spacial score (nSPS) is 10.9. The third-order valence-electron chi connectivity index (χ3n) is 3.94. The van der Waals surface area contributed by atoms with E-state index in [1.165, 1.54) is 22.8 Å².